The number of nitrogens with zero attached hydrogens (tertiary/aromatic N) is 3. The molecule has 3 rings (SSSR count). The fourth-order valence-corrected chi connectivity index (χ4v) is 2.22. The summed E-state index contributed by atoms with van der Waals surface area (Å²) in [5, 5.41) is 0. The van der Waals surface area contributed by atoms with Gasteiger partial charge >= 0.3 is 0 Å². The number of hydrogen-bond acceptors (Lipinski definition) is 3. The Bertz CT molecular complexity index is 740. The molecule has 3 heterocycles. The van der Waals surface area contributed by atoms with Crippen molar-refractivity contribution in [2.75, 3.05) is 0 Å². The number of pyridine rings is 2. The van der Waals surface area contributed by atoms with E-state index >= 15 is 0 Å². The molecule has 1 N–H and O–H groups in total. The van der Waals surface area contributed by atoms with E-state index in [-0.39, 0.29) is 0 Å². The third-order valence-electron chi connectivity index (χ3n) is 2.89. The largest absolute Gasteiger partial charge is 0.329 e. The minimum atomic E-state index is 0.707. The summed E-state index contributed by atoms with van der Waals surface area (Å²) >= 11 is 5.34. The molecule has 0 aliphatic heterocycles. The van der Waals surface area contributed by atoms with Crippen LogP contribution in [0.4, 0.5) is 0 Å². The predicted molar refractivity (Wildman–Crippen MR) is 73.0 cm³/mol. The fourth-order valence-electron chi connectivity index (χ4n) is 1.94. The summed E-state index contributed by atoms with van der Waals surface area (Å²) in [6, 6.07) is 6.04. The van der Waals surface area contributed by atoms with E-state index in [4.69, 9.17) is 12.2 Å². The van der Waals surface area contributed by atoms with Gasteiger partial charge in [-0.15, -0.1) is 0 Å². The molecule has 0 amide bonds. The van der Waals surface area contributed by atoms with E-state index in [9.17, 15) is 0 Å². The van der Waals surface area contributed by atoms with Gasteiger partial charge in [-0.2, -0.15) is 0 Å². The van der Waals surface area contributed by atoms with Gasteiger partial charge in [0.2, 0.25) is 0 Å². The van der Waals surface area contributed by atoms with Crippen molar-refractivity contribution in [3.05, 3.63) is 52.8 Å². The van der Waals surface area contributed by atoms with E-state index in [0.717, 1.165) is 28.8 Å². The summed E-state index contributed by atoms with van der Waals surface area (Å²) < 4.78 is 2.76. The number of aromatic nitrogens is 4. The van der Waals surface area contributed by atoms with Gasteiger partial charge in [0.05, 0.1) is 23.8 Å². The molecule has 0 saturated carbocycles. The lowest BCUT2D eigenvalue weighted by Crippen LogP contribution is -2.00. The van der Waals surface area contributed by atoms with Crippen molar-refractivity contribution in [3.63, 3.8) is 0 Å². The van der Waals surface area contributed by atoms with E-state index in [0.29, 0.717) is 4.77 Å². The highest BCUT2D eigenvalue weighted by atomic mass is 32.1. The summed E-state index contributed by atoms with van der Waals surface area (Å²) in [6.45, 7) is 2.70. The zero-order chi connectivity index (χ0) is 12.5. The van der Waals surface area contributed by atoms with Crippen molar-refractivity contribution >= 4 is 23.3 Å². The molecule has 5 heteroatoms. The number of H-pyrrole nitrogens is 1. The van der Waals surface area contributed by atoms with Gasteiger partial charge in [0, 0.05) is 18.1 Å². The topological polar surface area (TPSA) is 46.5 Å². The summed E-state index contributed by atoms with van der Waals surface area (Å²) in [6.07, 6.45) is 5.45. The summed E-state index contributed by atoms with van der Waals surface area (Å²) in [7, 11) is 0. The second-order valence-corrected chi connectivity index (χ2v) is 4.60. The Labute approximate surface area is 109 Å². The SMILES string of the molecule is Cc1ccc(Cn2c(=S)[nH]c3cnccc32)cn1. The monoisotopic (exact) mass is 256 g/mol. The fraction of sp³-hybridized carbons (Fsp3) is 0.154. The van der Waals surface area contributed by atoms with Crippen LogP contribution < -0.4 is 0 Å². The first-order chi connectivity index (χ1) is 8.74. The van der Waals surface area contributed by atoms with Gasteiger partial charge in [0.15, 0.2) is 4.77 Å². The lowest BCUT2D eigenvalue weighted by molar-refractivity contribution is 0.805. The van der Waals surface area contributed by atoms with Crippen LogP contribution in [-0.2, 0) is 6.54 Å². The van der Waals surface area contributed by atoms with E-state index in [1.54, 1.807) is 12.4 Å². The minimum Gasteiger partial charge on any atom is -0.329 e. The van der Waals surface area contributed by atoms with Crippen molar-refractivity contribution in [1.29, 1.82) is 0 Å². The van der Waals surface area contributed by atoms with Crippen LogP contribution in [0.1, 0.15) is 11.3 Å². The van der Waals surface area contributed by atoms with Crippen molar-refractivity contribution in [3.8, 4) is 0 Å². The first-order valence-corrected chi connectivity index (χ1v) is 6.09. The molecule has 0 unspecified atom stereocenters. The molecule has 0 fully saturated rings. The standard InChI is InChI=1S/C13H12N4S/c1-9-2-3-10(6-15-9)8-17-12-4-5-14-7-11(12)16-13(17)18/h2-7H,8H2,1H3,(H,16,18). The Kier molecular flexibility index (Phi) is 2.68. The van der Waals surface area contributed by atoms with Gasteiger partial charge in [0.1, 0.15) is 0 Å². The molecule has 0 radical (unpaired) electrons. The van der Waals surface area contributed by atoms with Crippen LogP contribution >= 0.6 is 12.2 Å². The van der Waals surface area contributed by atoms with Crippen LogP contribution in [0, 0.1) is 11.7 Å². The normalized spacial score (nSPS) is 10.9. The first kappa shape index (κ1) is 11.1. The minimum absolute atomic E-state index is 0.707. The highest BCUT2D eigenvalue weighted by Crippen LogP contribution is 2.14. The molecule has 0 spiro atoms. The van der Waals surface area contributed by atoms with Gasteiger partial charge < -0.3 is 9.55 Å². The third-order valence-corrected chi connectivity index (χ3v) is 3.21. The van der Waals surface area contributed by atoms with Crippen LogP contribution in [-0.4, -0.2) is 19.5 Å². The van der Waals surface area contributed by atoms with Crippen LogP contribution in [0.3, 0.4) is 0 Å². The molecule has 0 bridgehead atoms. The number of aryl methyl sites for hydroxylation is 1. The highest BCUT2D eigenvalue weighted by Gasteiger charge is 2.04. The van der Waals surface area contributed by atoms with Crippen LogP contribution in [0.15, 0.2) is 36.8 Å². The molecule has 18 heavy (non-hydrogen) atoms. The van der Waals surface area contributed by atoms with Gasteiger partial charge in [-0.1, -0.05) is 6.07 Å². The van der Waals surface area contributed by atoms with Crippen LogP contribution in [0.5, 0.6) is 0 Å². The molecule has 0 aliphatic rings. The average molecular weight is 256 g/mol. The van der Waals surface area contributed by atoms with Crippen LogP contribution in [0.2, 0.25) is 0 Å². The molecule has 0 aromatic carbocycles. The number of nitrogens with one attached hydrogen (secondary N) is 1. The summed E-state index contributed by atoms with van der Waals surface area (Å²) in [5.41, 5.74) is 4.18. The second kappa shape index (κ2) is 4.34. The Morgan fingerprint density at radius 1 is 1.28 bits per heavy atom. The molecule has 4 nitrogen and oxygen atoms in total. The zero-order valence-electron chi connectivity index (χ0n) is 9.92. The van der Waals surface area contributed by atoms with E-state index in [2.05, 4.69) is 25.6 Å². The average Bonchev–Trinajstić information content (AvgIpc) is 2.69. The number of fused-ring (bicyclic) bond motifs is 1. The number of hydrogen-bond donors (Lipinski definition) is 1. The molecular weight excluding hydrogens is 244 g/mol. The molecular formula is C13H12N4S. The highest BCUT2D eigenvalue weighted by molar-refractivity contribution is 7.71. The third kappa shape index (κ3) is 1.93. The smallest absolute Gasteiger partial charge is 0.178 e. The van der Waals surface area contributed by atoms with Gasteiger partial charge in [-0.25, -0.2) is 0 Å². The molecule has 0 atom stereocenters. The molecule has 3 aromatic heterocycles. The van der Waals surface area contributed by atoms with E-state index in [1.807, 2.05) is 25.3 Å². The zero-order valence-corrected chi connectivity index (χ0v) is 10.7. The van der Waals surface area contributed by atoms with Crippen molar-refractivity contribution in [2.24, 2.45) is 0 Å². The van der Waals surface area contributed by atoms with E-state index < -0.39 is 0 Å². The van der Waals surface area contributed by atoms with Gasteiger partial charge in [0.25, 0.3) is 0 Å². The van der Waals surface area contributed by atoms with Crippen molar-refractivity contribution in [1.82, 2.24) is 19.5 Å². The lowest BCUT2D eigenvalue weighted by Gasteiger charge is -2.04. The number of imidazole rings is 1. The number of aromatic amines is 1. The number of rotatable bonds is 2. The van der Waals surface area contributed by atoms with Gasteiger partial charge in [-0.3, -0.25) is 9.97 Å². The Hall–Kier alpha value is -2.01. The van der Waals surface area contributed by atoms with Crippen LogP contribution in [0.25, 0.3) is 11.0 Å². The lowest BCUT2D eigenvalue weighted by atomic mass is 10.2. The predicted octanol–water partition coefficient (Wildman–Crippen LogP) is 2.85. The van der Waals surface area contributed by atoms with E-state index in [1.165, 1.54) is 0 Å². The molecule has 0 saturated heterocycles. The molecule has 3 aromatic rings. The maximum Gasteiger partial charge on any atom is 0.178 e. The maximum atomic E-state index is 5.34. The Morgan fingerprint density at radius 3 is 2.94 bits per heavy atom. The maximum absolute atomic E-state index is 5.34. The molecule has 90 valence electrons. The Morgan fingerprint density at radius 2 is 2.17 bits per heavy atom. The van der Waals surface area contributed by atoms with Crippen molar-refractivity contribution < 1.29 is 0 Å². The quantitative estimate of drug-likeness (QED) is 0.717. The first-order valence-electron chi connectivity index (χ1n) is 5.68. The molecule has 0 aliphatic carbocycles. The Balaban J connectivity index is 2.07. The summed E-state index contributed by atoms with van der Waals surface area (Å²) in [5.74, 6) is 0. The summed E-state index contributed by atoms with van der Waals surface area (Å²) in [4.78, 5) is 11.5. The van der Waals surface area contributed by atoms with Crippen molar-refractivity contribution in [2.45, 2.75) is 13.5 Å². The second-order valence-electron chi connectivity index (χ2n) is 4.22. The van der Waals surface area contributed by atoms with Gasteiger partial charge in [-0.05, 0) is 36.8 Å².